The SMILES string of the molecule is [B]N1CCC(NC(=O)c2ccc(Nc3ncc4c(n3)N(C3CCCC3)[C@H](CC)C(=O)N4C)c(OC)c2)CC1. The Morgan fingerprint density at radius 3 is 2.61 bits per heavy atom. The van der Waals surface area contributed by atoms with Gasteiger partial charge in [0.15, 0.2) is 13.8 Å². The Morgan fingerprint density at radius 1 is 1.18 bits per heavy atom. The Balaban J connectivity index is 1.38. The minimum atomic E-state index is -0.234. The maximum Gasteiger partial charge on any atom is 0.251 e. The average Bonchev–Trinajstić information content (AvgIpc) is 3.46. The fourth-order valence-corrected chi connectivity index (χ4v) is 5.81. The molecule has 38 heavy (non-hydrogen) atoms. The van der Waals surface area contributed by atoms with Gasteiger partial charge in [0.25, 0.3) is 5.91 Å². The first-order valence-corrected chi connectivity index (χ1v) is 13.6. The lowest BCUT2D eigenvalue weighted by molar-refractivity contribution is -0.120. The van der Waals surface area contributed by atoms with E-state index in [0.717, 1.165) is 63.1 Å². The number of hydrogen-bond donors (Lipinski definition) is 2. The number of aromatic nitrogens is 2. The Morgan fingerprint density at radius 2 is 1.92 bits per heavy atom. The molecule has 3 aliphatic rings. The normalized spacial score (nSPS) is 20.9. The summed E-state index contributed by atoms with van der Waals surface area (Å²) in [6.07, 6.45) is 8.52. The van der Waals surface area contributed by atoms with Crippen molar-refractivity contribution in [2.45, 2.75) is 70.0 Å². The van der Waals surface area contributed by atoms with E-state index in [9.17, 15) is 9.59 Å². The van der Waals surface area contributed by atoms with Crippen LogP contribution in [-0.2, 0) is 4.79 Å². The van der Waals surface area contributed by atoms with Crippen LogP contribution in [-0.4, -0.2) is 79.9 Å². The molecule has 0 bridgehead atoms. The number of ether oxygens (including phenoxy) is 1. The van der Waals surface area contributed by atoms with Crippen molar-refractivity contribution in [2.75, 3.05) is 42.4 Å². The molecular formula is C27H36BN7O3. The summed E-state index contributed by atoms with van der Waals surface area (Å²) in [5, 5.41) is 6.37. The van der Waals surface area contributed by atoms with Crippen molar-refractivity contribution in [3.8, 4) is 5.75 Å². The molecule has 1 saturated carbocycles. The zero-order valence-corrected chi connectivity index (χ0v) is 22.4. The first kappa shape index (κ1) is 26.3. The Kier molecular flexibility index (Phi) is 7.74. The molecule has 0 spiro atoms. The van der Waals surface area contributed by atoms with E-state index in [1.54, 1.807) is 48.3 Å². The van der Waals surface area contributed by atoms with Crippen LogP contribution in [0.25, 0.3) is 0 Å². The van der Waals surface area contributed by atoms with Crippen molar-refractivity contribution in [3.05, 3.63) is 30.0 Å². The number of nitrogens with zero attached hydrogens (tertiary/aromatic N) is 5. The zero-order valence-electron chi connectivity index (χ0n) is 22.4. The zero-order chi connectivity index (χ0) is 26.8. The van der Waals surface area contributed by atoms with Gasteiger partial charge in [0.2, 0.25) is 11.9 Å². The van der Waals surface area contributed by atoms with Crippen LogP contribution < -0.4 is 25.2 Å². The number of rotatable bonds is 7. The van der Waals surface area contributed by atoms with Crippen LogP contribution in [0.3, 0.4) is 0 Å². The van der Waals surface area contributed by atoms with E-state index in [1.165, 1.54) is 0 Å². The quantitative estimate of drug-likeness (QED) is 0.541. The van der Waals surface area contributed by atoms with Crippen LogP contribution in [0.2, 0.25) is 0 Å². The number of methoxy groups -OCH3 is 1. The first-order valence-electron chi connectivity index (χ1n) is 13.6. The molecule has 2 fully saturated rings. The number of nitrogens with one attached hydrogen (secondary N) is 2. The number of hydrogen-bond acceptors (Lipinski definition) is 8. The molecule has 2 amide bonds. The van der Waals surface area contributed by atoms with Gasteiger partial charge in [-0.05, 0) is 63.4 Å². The molecule has 1 atom stereocenters. The summed E-state index contributed by atoms with van der Waals surface area (Å²) >= 11 is 0. The number of carbonyl (C=O) groups excluding carboxylic acids is 2. The highest BCUT2D eigenvalue weighted by Crippen LogP contribution is 2.40. The second-order valence-electron chi connectivity index (χ2n) is 10.4. The standard InChI is InChI=1S/C27H36BN7O3/c1-4-21-26(37)33(2)22-16-29-27(32-24(22)35(21)19-7-5-6-8-19)31-20-10-9-17(15-23(20)38-3)25(36)30-18-11-13-34(28)14-12-18/h9-10,15-16,18-19,21H,4-8,11-14H2,1-3H3,(H,30,36)(H,29,31,32)/t21-/m1/s1. The molecule has 1 saturated heterocycles. The fourth-order valence-electron chi connectivity index (χ4n) is 5.81. The molecule has 5 rings (SSSR count). The minimum absolute atomic E-state index is 0.0836. The van der Waals surface area contributed by atoms with Gasteiger partial charge in [0.05, 0.1) is 19.0 Å². The molecule has 2 aromatic rings. The lowest BCUT2D eigenvalue weighted by atomic mass is 10.0. The third kappa shape index (κ3) is 5.16. The van der Waals surface area contributed by atoms with Gasteiger partial charge in [-0.3, -0.25) is 9.59 Å². The minimum Gasteiger partial charge on any atom is -0.495 e. The molecule has 2 radical (unpaired) electrons. The summed E-state index contributed by atoms with van der Waals surface area (Å²) in [6, 6.07) is 5.46. The molecule has 1 aliphatic carbocycles. The molecule has 2 aliphatic heterocycles. The molecular weight excluding hydrogens is 481 g/mol. The molecule has 200 valence electrons. The molecule has 1 aromatic heterocycles. The van der Waals surface area contributed by atoms with Gasteiger partial charge in [-0.15, -0.1) is 0 Å². The van der Waals surface area contributed by atoms with Crippen LogP contribution in [0.4, 0.5) is 23.1 Å². The van der Waals surface area contributed by atoms with Crippen molar-refractivity contribution >= 4 is 42.9 Å². The number of piperidine rings is 1. The second-order valence-corrected chi connectivity index (χ2v) is 10.4. The van der Waals surface area contributed by atoms with Gasteiger partial charge in [-0.1, -0.05) is 19.8 Å². The fraction of sp³-hybridized carbons (Fsp3) is 0.556. The van der Waals surface area contributed by atoms with Gasteiger partial charge >= 0.3 is 0 Å². The maximum absolute atomic E-state index is 13.1. The van der Waals surface area contributed by atoms with Crippen LogP contribution in [0.15, 0.2) is 24.4 Å². The highest BCUT2D eigenvalue weighted by atomic mass is 16.5. The smallest absolute Gasteiger partial charge is 0.251 e. The Bertz CT molecular complexity index is 1180. The Labute approximate surface area is 225 Å². The molecule has 10 nitrogen and oxygen atoms in total. The molecule has 3 heterocycles. The number of fused-ring (bicyclic) bond motifs is 1. The number of anilines is 4. The third-order valence-electron chi connectivity index (χ3n) is 7.99. The third-order valence-corrected chi connectivity index (χ3v) is 7.99. The van der Waals surface area contributed by atoms with Crippen LogP contribution in [0, 0.1) is 0 Å². The van der Waals surface area contributed by atoms with Crippen molar-refractivity contribution in [2.24, 2.45) is 0 Å². The van der Waals surface area contributed by atoms with Crippen molar-refractivity contribution in [1.29, 1.82) is 0 Å². The molecule has 11 heteroatoms. The van der Waals surface area contributed by atoms with E-state index in [1.807, 2.05) is 6.92 Å². The van der Waals surface area contributed by atoms with Crippen LogP contribution >= 0.6 is 0 Å². The number of likely N-dealkylation sites (N-methyl/N-ethyl adjacent to an activating group) is 1. The summed E-state index contributed by atoms with van der Waals surface area (Å²) in [5.74, 6) is 1.65. The number of amides is 2. The summed E-state index contributed by atoms with van der Waals surface area (Å²) < 4.78 is 5.61. The summed E-state index contributed by atoms with van der Waals surface area (Å²) in [5.41, 5.74) is 1.89. The van der Waals surface area contributed by atoms with Crippen molar-refractivity contribution in [1.82, 2.24) is 20.1 Å². The van der Waals surface area contributed by atoms with Crippen molar-refractivity contribution < 1.29 is 14.3 Å². The molecule has 0 unspecified atom stereocenters. The van der Waals surface area contributed by atoms with E-state index in [-0.39, 0.29) is 23.9 Å². The van der Waals surface area contributed by atoms with E-state index in [4.69, 9.17) is 17.7 Å². The number of benzene rings is 1. The van der Waals surface area contributed by atoms with E-state index in [2.05, 4.69) is 20.5 Å². The highest BCUT2D eigenvalue weighted by Gasteiger charge is 2.41. The van der Waals surface area contributed by atoms with E-state index < -0.39 is 0 Å². The average molecular weight is 517 g/mol. The van der Waals surface area contributed by atoms with Gasteiger partial charge in [0, 0.05) is 24.7 Å². The Hall–Kier alpha value is -3.34. The predicted molar refractivity (Wildman–Crippen MR) is 148 cm³/mol. The molecule has 1 aromatic carbocycles. The molecule has 2 N–H and O–H groups in total. The first-order chi connectivity index (χ1) is 18.4. The van der Waals surface area contributed by atoms with E-state index in [0.29, 0.717) is 35.4 Å². The lowest BCUT2D eigenvalue weighted by Crippen LogP contribution is -2.55. The topological polar surface area (TPSA) is 103 Å². The highest BCUT2D eigenvalue weighted by molar-refractivity contribution is 6.05. The summed E-state index contributed by atoms with van der Waals surface area (Å²) in [4.78, 5) is 41.1. The van der Waals surface area contributed by atoms with Crippen LogP contribution in [0.1, 0.15) is 62.2 Å². The van der Waals surface area contributed by atoms with Crippen molar-refractivity contribution in [3.63, 3.8) is 0 Å². The van der Waals surface area contributed by atoms with E-state index >= 15 is 0 Å². The monoisotopic (exact) mass is 517 g/mol. The summed E-state index contributed by atoms with van der Waals surface area (Å²) in [7, 11) is 9.19. The van der Waals surface area contributed by atoms with Crippen LogP contribution in [0.5, 0.6) is 5.75 Å². The lowest BCUT2D eigenvalue weighted by Gasteiger charge is -2.43. The maximum atomic E-state index is 13.1. The van der Waals surface area contributed by atoms with Gasteiger partial charge in [-0.2, -0.15) is 4.98 Å². The second kappa shape index (κ2) is 11.2. The predicted octanol–water partition coefficient (Wildman–Crippen LogP) is 3.01. The van der Waals surface area contributed by atoms with Gasteiger partial charge in [0.1, 0.15) is 17.5 Å². The van der Waals surface area contributed by atoms with Gasteiger partial charge in [-0.25, -0.2) is 4.98 Å². The number of carbonyl (C=O) groups is 2. The largest absolute Gasteiger partial charge is 0.495 e. The summed E-state index contributed by atoms with van der Waals surface area (Å²) in [6.45, 7) is 3.57. The van der Waals surface area contributed by atoms with Gasteiger partial charge < -0.3 is 30.0 Å².